The molecule has 0 aliphatic carbocycles. The molecular formula is C11H11N4NaO7. The third kappa shape index (κ3) is 2.92. The molecule has 0 spiro atoms. The first-order chi connectivity index (χ1) is 10.4. The molecule has 0 unspecified atom stereocenters. The van der Waals surface area contributed by atoms with Gasteiger partial charge in [-0.3, -0.25) is 9.36 Å². The summed E-state index contributed by atoms with van der Waals surface area (Å²) in [5, 5.41) is 39.6. The number of fused-ring (bicyclic) bond motifs is 1. The number of nitrogens with one attached hydrogen (secondary N) is 1. The number of aromatic amines is 1. The molecule has 12 heteroatoms. The van der Waals surface area contributed by atoms with E-state index in [1.807, 2.05) is 4.98 Å². The molecule has 1 saturated heterocycles. The number of imidazole rings is 1. The first kappa shape index (κ1) is 18.0. The van der Waals surface area contributed by atoms with E-state index in [1.54, 1.807) is 0 Å². The average molecular weight is 334 g/mol. The fourth-order valence-corrected chi connectivity index (χ4v) is 2.32. The summed E-state index contributed by atoms with van der Waals surface area (Å²) in [6, 6.07) is 0. The molecule has 23 heavy (non-hydrogen) atoms. The molecule has 3 heterocycles. The fraction of sp³-hybridized carbons (Fsp3) is 0.455. The Kier molecular flexibility index (Phi) is 5.20. The van der Waals surface area contributed by atoms with Gasteiger partial charge in [0.25, 0.3) is 5.56 Å². The summed E-state index contributed by atoms with van der Waals surface area (Å²) in [5.74, 6) is -2.39. The maximum absolute atomic E-state index is 11.7. The maximum atomic E-state index is 11.7. The van der Waals surface area contributed by atoms with Crippen molar-refractivity contribution >= 4 is 17.1 Å². The molecule has 4 N–H and O–H groups in total. The van der Waals surface area contributed by atoms with Crippen LogP contribution in [0.3, 0.4) is 0 Å². The second-order valence-corrected chi connectivity index (χ2v) is 4.75. The van der Waals surface area contributed by atoms with Gasteiger partial charge in [-0.25, -0.2) is 9.97 Å². The smallest absolute Gasteiger partial charge is 0.542 e. The number of carboxylic acids is 1. The molecule has 0 bridgehead atoms. The van der Waals surface area contributed by atoms with Gasteiger partial charge in [-0.2, -0.15) is 0 Å². The van der Waals surface area contributed by atoms with Crippen LogP contribution in [0.1, 0.15) is 16.8 Å². The van der Waals surface area contributed by atoms with Crippen molar-refractivity contribution in [3.8, 4) is 0 Å². The summed E-state index contributed by atoms with van der Waals surface area (Å²) in [6.07, 6.45) is -3.86. The molecule has 0 amide bonds. The summed E-state index contributed by atoms with van der Waals surface area (Å²) in [6.45, 7) is -0.528. The van der Waals surface area contributed by atoms with Gasteiger partial charge in [0.05, 0.1) is 12.9 Å². The zero-order valence-corrected chi connectivity index (χ0v) is 13.9. The van der Waals surface area contributed by atoms with Gasteiger partial charge in [0, 0.05) is 0 Å². The number of ether oxygens (including phenoxy) is 1. The zero-order chi connectivity index (χ0) is 16.0. The van der Waals surface area contributed by atoms with Crippen LogP contribution in [0.15, 0.2) is 11.1 Å². The van der Waals surface area contributed by atoms with Crippen molar-refractivity contribution in [2.45, 2.75) is 24.5 Å². The molecule has 3 rings (SSSR count). The van der Waals surface area contributed by atoms with E-state index in [0.29, 0.717) is 0 Å². The van der Waals surface area contributed by atoms with Crippen molar-refractivity contribution in [1.29, 1.82) is 0 Å². The molecule has 1 aliphatic rings. The molecule has 0 radical (unpaired) electrons. The Balaban J connectivity index is 0.00000192. The van der Waals surface area contributed by atoms with E-state index in [2.05, 4.69) is 9.97 Å². The van der Waals surface area contributed by atoms with E-state index in [-0.39, 0.29) is 40.7 Å². The van der Waals surface area contributed by atoms with Gasteiger partial charge in [0.15, 0.2) is 23.2 Å². The van der Waals surface area contributed by atoms with Crippen LogP contribution in [0.4, 0.5) is 0 Å². The molecular weight excluding hydrogens is 323 g/mol. The van der Waals surface area contributed by atoms with Gasteiger partial charge in [-0.15, -0.1) is 0 Å². The number of aliphatic hydroxyl groups excluding tert-OH is 3. The third-order valence-electron chi connectivity index (χ3n) is 3.42. The number of aromatic carboxylic acids is 1. The molecule has 0 aromatic carbocycles. The SMILES string of the molecule is O=C([O-])c1nc2c(ncn2[C@@H]2O[C@H](CO)[C@@H](O)[C@H]2O)c(=O)[nH]1.[Na+]. The standard InChI is InChI=1S/C11H12N4O7.Na/c16-1-3-5(17)6(18)10(22-3)15-2-12-4-8(15)13-7(11(20)21)14-9(4)19;/h2-3,5-6,10,16-18H,1H2,(H,20,21)(H,13,14,19);/q;+1/p-1/t3-,5-,6-,10-;/m1./s1. The second-order valence-electron chi connectivity index (χ2n) is 4.75. The topological polar surface area (TPSA) is 174 Å². The number of carboxylic acid groups (broad SMARTS) is 1. The number of hydrogen-bond donors (Lipinski definition) is 4. The predicted molar refractivity (Wildman–Crippen MR) is 65.5 cm³/mol. The number of nitrogens with zero attached hydrogens (tertiary/aromatic N) is 3. The van der Waals surface area contributed by atoms with Crippen LogP contribution >= 0.6 is 0 Å². The van der Waals surface area contributed by atoms with E-state index in [4.69, 9.17) is 9.84 Å². The van der Waals surface area contributed by atoms with Crippen molar-refractivity contribution in [2.24, 2.45) is 0 Å². The number of carbonyl (C=O) groups excluding carboxylic acids is 1. The number of carbonyl (C=O) groups is 1. The summed E-state index contributed by atoms with van der Waals surface area (Å²) < 4.78 is 6.40. The van der Waals surface area contributed by atoms with E-state index < -0.39 is 48.5 Å². The molecule has 2 aromatic heterocycles. The molecule has 4 atom stereocenters. The van der Waals surface area contributed by atoms with E-state index >= 15 is 0 Å². The first-order valence-electron chi connectivity index (χ1n) is 6.24. The molecule has 1 fully saturated rings. The van der Waals surface area contributed by atoms with Crippen molar-refractivity contribution in [3.63, 3.8) is 0 Å². The van der Waals surface area contributed by atoms with Gasteiger partial charge in [0.1, 0.15) is 24.3 Å². The van der Waals surface area contributed by atoms with Crippen molar-refractivity contribution < 1.29 is 59.5 Å². The first-order valence-corrected chi connectivity index (χ1v) is 6.24. The van der Waals surface area contributed by atoms with Crippen LogP contribution in [0.5, 0.6) is 0 Å². The van der Waals surface area contributed by atoms with Crippen LogP contribution in [-0.4, -0.2) is 65.7 Å². The summed E-state index contributed by atoms with van der Waals surface area (Å²) in [4.78, 5) is 32.1. The fourth-order valence-electron chi connectivity index (χ4n) is 2.32. The van der Waals surface area contributed by atoms with Crippen LogP contribution in [0, 0.1) is 0 Å². The van der Waals surface area contributed by atoms with Crippen molar-refractivity contribution in [1.82, 2.24) is 19.5 Å². The van der Waals surface area contributed by atoms with Crippen LogP contribution in [0.2, 0.25) is 0 Å². The number of hydrogen-bond acceptors (Lipinski definition) is 9. The summed E-state index contributed by atoms with van der Waals surface area (Å²) in [5.41, 5.74) is -1.12. The Morgan fingerprint density at radius 3 is 2.70 bits per heavy atom. The second kappa shape index (κ2) is 6.65. The van der Waals surface area contributed by atoms with Gasteiger partial charge < -0.3 is 34.9 Å². The minimum absolute atomic E-state index is 0. The third-order valence-corrected chi connectivity index (χ3v) is 3.42. The number of aromatic nitrogens is 4. The van der Waals surface area contributed by atoms with E-state index in [0.717, 1.165) is 10.9 Å². The van der Waals surface area contributed by atoms with Crippen molar-refractivity contribution in [2.75, 3.05) is 6.61 Å². The molecule has 118 valence electrons. The average Bonchev–Trinajstić information content (AvgIpc) is 3.02. The van der Waals surface area contributed by atoms with Gasteiger partial charge in [0.2, 0.25) is 0 Å². The van der Waals surface area contributed by atoms with E-state index in [9.17, 15) is 24.9 Å². The van der Waals surface area contributed by atoms with Gasteiger partial charge in [-0.1, -0.05) is 0 Å². The Bertz CT molecular complexity index is 790. The molecule has 1 aliphatic heterocycles. The van der Waals surface area contributed by atoms with Crippen molar-refractivity contribution in [3.05, 3.63) is 22.5 Å². The Hall–Kier alpha value is -1.34. The summed E-state index contributed by atoms with van der Waals surface area (Å²) >= 11 is 0. The minimum Gasteiger partial charge on any atom is -0.542 e. The van der Waals surface area contributed by atoms with Crippen LogP contribution < -0.4 is 40.2 Å². The van der Waals surface area contributed by atoms with Gasteiger partial charge in [-0.05, 0) is 0 Å². The number of H-pyrrole nitrogens is 1. The molecule has 2 aromatic rings. The molecule has 11 nitrogen and oxygen atoms in total. The molecule has 0 saturated carbocycles. The Labute approximate surface area is 149 Å². The largest absolute Gasteiger partial charge is 1.00 e. The van der Waals surface area contributed by atoms with Crippen LogP contribution in [-0.2, 0) is 4.74 Å². The van der Waals surface area contributed by atoms with Crippen LogP contribution in [0.25, 0.3) is 11.2 Å². The van der Waals surface area contributed by atoms with E-state index in [1.165, 1.54) is 0 Å². The number of aliphatic hydroxyl groups is 3. The quantitative estimate of drug-likeness (QED) is 0.398. The normalized spacial score (nSPS) is 27.1. The predicted octanol–water partition coefficient (Wildman–Crippen LogP) is -6.90. The minimum atomic E-state index is -1.69. The monoisotopic (exact) mass is 334 g/mol. The summed E-state index contributed by atoms with van der Waals surface area (Å²) in [7, 11) is 0. The van der Waals surface area contributed by atoms with Gasteiger partial charge >= 0.3 is 29.6 Å². The Morgan fingerprint density at radius 1 is 1.43 bits per heavy atom. The zero-order valence-electron chi connectivity index (χ0n) is 11.9. The maximum Gasteiger partial charge on any atom is 1.00 e. The Morgan fingerprint density at radius 2 is 2.13 bits per heavy atom. The number of rotatable bonds is 3.